The molecule has 1 aliphatic heterocycles. The number of aliphatic hydroxyl groups is 1. The summed E-state index contributed by atoms with van der Waals surface area (Å²) in [6.45, 7) is 1.40. The van der Waals surface area contributed by atoms with E-state index in [0.717, 1.165) is 24.9 Å². The number of halogens is 1. The molecular weight excluding hydrogens is 470 g/mol. The van der Waals surface area contributed by atoms with Crippen LogP contribution in [0.1, 0.15) is 34.6 Å². The number of carbonyl (C=O) groups excluding carboxylic acids is 1. The molecule has 3 heterocycles. The molecule has 0 unspecified atom stereocenters. The molecule has 10 nitrogen and oxygen atoms in total. The van der Waals surface area contributed by atoms with E-state index in [-0.39, 0.29) is 25.1 Å². The first-order valence-electron chi connectivity index (χ1n) is 11.3. The van der Waals surface area contributed by atoms with Crippen LogP contribution >= 0.6 is 11.6 Å². The van der Waals surface area contributed by atoms with Crippen LogP contribution in [0.15, 0.2) is 42.9 Å². The Morgan fingerprint density at radius 2 is 2.11 bits per heavy atom. The summed E-state index contributed by atoms with van der Waals surface area (Å²) in [5.74, 6) is 1.73. The molecule has 2 N–H and O–H groups in total. The highest BCUT2D eigenvalue weighted by atomic mass is 35.5. The highest BCUT2D eigenvalue weighted by Gasteiger charge is 2.28. The van der Waals surface area contributed by atoms with Gasteiger partial charge in [0.15, 0.2) is 0 Å². The van der Waals surface area contributed by atoms with E-state index in [1.807, 2.05) is 11.0 Å². The summed E-state index contributed by atoms with van der Waals surface area (Å²) in [5, 5.41) is 13.5. The summed E-state index contributed by atoms with van der Waals surface area (Å²) in [7, 11) is 3.25. The standard InChI is InChI=1S/C24H28ClN7O3/c1-31(14-21-26-8-4-9-27-21)23(34)18-13-29-24(32-10-3-5-17(32)15-33)30-22(18)28-12-16-6-7-20(35-2)19(25)11-16/h4,6-9,11,13,17,33H,3,5,10,12,14-15H2,1-2H3,(H,28,29,30)/t17-/m0/s1. The minimum Gasteiger partial charge on any atom is -0.495 e. The van der Waals surface area contributed by atoms with Crippen molar-refractivity contribution >= 4 is 29.3 Å². The van der Waals surface area contributed by atoms with E-state index in [9.17, 15) is 9.90 Å². The van der Waals surface area contributed by atoms with E-state index in [1.165, 1.54) is 11.1 Å². The zero-order valence-electron chi connectivity index (χ0n) is 19.7. The minimum atomic E-state index is -0.264. The molecule has 1 aliphatic rings. The summed E-state index contributed by atoms with van der Waals surface area (Å²) < 4.78 is 5.22. The molecule has 1 aromatic carbocycles. The van der Waals surface area contributed by atoms with Gasteiger partial charge in [-0.05, 0) is 36.6 Å². The third kappa shape index (κ3) is 5.77. The van der Waals surface area contributed by atoms with Crippen LogP contribution in [-0.2, 0) is 13.1 Å². The Kier molecular flexibility index (Phi) is 7.94. The highest BCUT2D eigenvalue weighted by Crippen LogP contribution is 2.27. The third-order valence-corrected chi connectivity index (χ3v) is 6.17. The van der Waals surface area contributed by atoms with E-state index in [1.54, 1.807) is 44.8 Å². The van der Waals surface area contributed by atoms with E-state index in [0.29, 0.717) is 40.5 Å². The normalized spacial score (nSPS) is 15.2. The number of nitrogens with zero attached hydrogens (tertiary/aromatic N) is 6. The maximum Gasteiger partial charge on any atom is 0.259 e. The summed E-state index contributed by atoms with van der Waals surface area (Å²) in [5.41, 5.74) is 1.22. The van der Waals surface area contributed by atoms with Crippen LogP contribution in [0.25, 0.3) is 0 Å². The number of aromatic nitrogens is 4. The molecule has 1 atom stereocenters. The number of benzene rings is 1. The summed E-state index contributed by atoms with van der Waals surface area (Å²) in [6.07, 6.45) is 6.62. The predicted octanol–water partition coefficient (Wildman–Crippen LogP) is 2.77. The number of nitrogens with one attached hydrogen (secondary N) is 1. The van der Waals surface area contributed by atoms with Crippen molar-refractivity contribution in [3.63, 3.8) is 0 Å². The molecule has 184 valence electrons. The molecule has 4 rings (SSSR count). The zero-order chi connectivity index (χ0) is 24.8. The van der Waals surface area contributed by atoms with Crippen molar-refractivity contribution in [2.24, 2.45) is 0 Å². The van der Waals surface area contributed by atoms with E-state index < -0.39 is 0 Å². The Balaban J connectivity index is 1.60. The highest BCUT2D eigenvalue weighted by molar-refractivity contribution is 6.32. The molecule has 0 bridgehead atoms. The fourth-order valence-electron chi connectivity index (χ4n) is 4.00. The number of hydrogen-bond acceptors (Lipinski definition) is 9. The summed E-state index contributed by atoms with van der Waals surface area (Å²) in [6, 6.07) is 7.17. The van der Waals surface area contributed by atoms with Gasteiger partial charge in [-0.3, -0.25) is 4.79 Å². The number of methoxy groups -OCH3 is 1. The molecule has 2 aromatic heterocycles. The van der Waals surface area contributed by atoms with Crippen molar-refractivity contribution < 1.29 is 14.6 Å². The van der Waals surface area contributed by atoms with Gasteiger partial charge in [0.1, 0.15) is 23.0 Å². The molecule has 11 heteroatoms. The second-order valence-corrected chi connectivity index (χ2v) is 8.66. The molecule has 0 radical (unpaired) electrons. The van der Waals surface area contributed by atoms with Gasteiger partial charge < -0.3 is 25.0 Å². The van der Waals surface area contributed by atoms with Crippen LogP contribution in [0.3, 0.4) is 0 Å². The minimum absolute atomic E-state index is 0.0248. The number of hydrogen-bond donors (Lipinski definition) is 2. The van der Waals surface area contributed by atoms with Crippen LogP contribution in [0.5, 0.6) is 5.75 Å². The fourth-order valence-corrected chi connectivity index (χ4v) is 4.28. The lowest BCUT2D eigenvalue weighted by Gasteiger charge is -2.24. The number of anilines is 2. The molecule has 3 aromatic rings. The van der Waals surface area contributed by atoms with Crippen molar-refractivity contribution in [3.05, 3.63) is 64.8 Å². The number of ether oxygens (including phenoxy) is 1. The lowest BCUT2D eigenvalue weighted by Crippen LogP contribution is -2.34. The Morgan fingerprint density at radius 1 is 1.31 bits per heavy atom. The van der Waals surface area contributed by atoms with Gasteiger partial charge in [-0.25, -0.2) is 15.0 Å². The average molecular weight is 498 g/mol. The maximum atomic E-state index is 13.3. The molecule has 35 heavy (non-hydrogen) atoms. The first kappa shape index (κ1) is 24.6. The summed E-state index contributed by atoms with van der Waals surface area (Å²) >= 11 is 6.27. The third-order valence-electron chi connectivity index (χ3n) is 5.87. The second kappa shape index (κ2) is 11.3. The van der Waals surface area contributed by atoms with Gasteiger partial charge in [0.25, 0.3) is 5.91 Å². The predicted molar refractivity (Wildman–Crippen MR) is 133 cm³/mol. The number of amides is 1. The van der Waals surface area contributed by atoms with Crippen LogP contribution in [-0.4, -0.2) is 69.2 Å². The zero-order valence-corrected chi connectivity index (χ0v) is 20.4. The van der Waals surface area contributed by atoms with Crippen molar-refractivity contribution in [1.82, 2.24) is 24.8 Å². The average Bonchev–Trinajstić information content (AvgIpc) is 3.36. The van der Waals surface area contributed by atoms with Crippen molar-refractivity contribution in [2.45, 2.75) is 32.0 Å². The lowest BCUT2D eigenvalue weighted by atomic mass is 10.2. The number of aliphatic hydroxyl groups excluding tert-OH is 1. The van der Waals surface area contributed by atoms with Crippen molar-refractivity contribution in [2.75, 3.05) is 37.5 Å². The molecule has 0 aliphatic carbocycles. The van der Waals surface area contributed by atoms with E-state index >= 15 is 0 Å². The van der Waals surface area contributed by atoms with Gasteiger partial charge in [-0.1, -0.05) is 17.7 Å². The van der Waals surface area contributed by atoms with Crippen molar-refractivity contribution in [3.8, 4) is 5.75 Å². The fraction of sp³-hybridized carbons (Fsp3) is 0.375. The quantitative estimate of drug-likeness (QED) is 0.460. The Bertz CT molecular complexity index is 1170. The van der Waals surface area contributed by atoms with Gasteiger partial charge in [0.2, 0.25) is 5.95 Å². The van der Waals surface area contributed by atoms with E-state index in [4.69, 9.17) is 21.3 Å². The Labute approximate surface area is 209 Å². The number of rotatable bonds is 9. The summed E-state index contributed by atoms with van der Waals surface area (Å²) in [4.78, 5) is 34.4. The van der Waals surface area contributed by atoms with E-state index in [2.05, 4.69) is 20.3 Å². The maximum absolute atomic E-state index is 13.3. The van der Waals surface area contributed by atoms with Crippen molar-refractivity contribution in [1.29, 1.82) is 0 Å². The van der Waals surface area contributed by atoms with Crippen LogP contribution < -0.4 is 15.0 Å². The first-order valence-corrected chi connectivity index (χ1v) is 11.7. The monoisotopic (exact) mass is 497 g/mol. The molecule has 0 saturated carbocycles. The first-order chi connectivity index (χ1) is 17.0. The smallest absolute Gasteiger partial charge is 0.259 e. The molecule has 1 saturated heterocycles. The molecule has 1 amide bonds. The van der Waals surface area contributed by atoms with Gasteiger partial charge in [0.05, 0.1) is 31.3 Å². The SMILES string of the molecule is COc1ccc(CNc2nc(N3CCC[C@H]3CO)ncc2C(=O)N(C)Cc2ncccn2)cc1Cl. The van der Waals surface area contributed by atoms with Gasteiger partial charge in [-0.2, -0.15) is 4.98 Å². The van der Waals surface area contributed by atoms with Crippen LogP contribution in [0.2, 0.25) is 5.02 Å². The van der Waals surface area contributed by atoms with Gasteiger partial charge in [-0.15, -0.1) is 0 Å². The molecule has 0 spiro atoms. The molecular formula is C24H28ClN7O3. The van der Waals surface area contributed by atoms with Crippen LogP contribution in [0, 0.1) is 0 Å². The molecule has 1 fully saturated rings. The van der Waals surface area contributed by atoms with Gasteiger partial charge >= 0.3 is 0 Å². The second-order valence-electron chi connectivity index (χ2n) is 8.25. The Morgan fingerprint density at radius 3 is 2.83 bits per heavy atom. The van der Waals surface area contributed by atoms with Gasteiger partial charge in [0, 0.05) is 38.7 Å². The number of carbonyl (C=O) groups is 1. The topological polar surface area (TPSA) is 117 Å². The Hall–Kier alpha value is -3.50. The van der Waals surface area contributed by atoms with Crippen LogP contribution in [0.4, 0.5) is 11.8 Å². The largest absolute Gasteiger partial charge is 0.495 e. The lowest BCUT2D eigenvalue weighted by molar-refractivity contribution is 0.0781.